The molecule has 1 aromatic heterocycles. The van der Waals surface area contributed by atoms with Crippen molar-refractivity contribution >= 4 is 28.6 Å². The number of rotatable bonds is 5. The van der Waals surface area contributed by atoms with Crippen LogP contribution >= 0.6 is 22.9 Å². The Labute approximate surface area is 123 Å². The third-order valence-electron chi connectivity index (χ3n) is 3.22. The molecule has 2 rings (SSSR count). The van der Waals surface area contributed by atoms with Crippen molar-refractivity contribution in [2.45, 2.75) is 25.9 Å². The minimum absolute atomic E-state index is 0.135. The van der Waals surface area contributed by atoms with Crippen LogP contribution < -0.4 is 10.6 Å². The second-order valence-corrected chi connectivity index (χ2v) is 6.47. The Morgan fingerprint density at radius 1 is 1.21 bits per heavy atom. The van der Waals surface area contributed by atoms with Crippen molar-refractivity contribution < 1.29 is 0 Å². The average molecular weight is 295 g/mol. The summed E-state index contributed by atoms with van der Waals surface area (Å²) in [5.41, 5.74) is 8.40. The van der Waals surface area contributed by atoms with Gasteiger partial charge in [-0.05, 0) is 36.2 Å². The summed E-state index contributed by atoms with van der Waals surface area (Å²) in [6.07, 6.45) is 0.961. The second-order valence-electron chi connectivity index (χ2n) is 4.67. The lowest BCUT2D eigenvalue weighted by atomic mass is 10.1. The van der Waals surface area contributed by atoms with Crippen LogP contribution in [-0.2, 0) is 6.54 Å². The van der Waals surface area contributed by atoms with Gasteiger partial charge in [0, 0.05) is 23.7 Å². The first kappa shape index (κ1) is 14.4. The van der Waals surface area contributed by atoms with Crippen LogP contribution in [0.15, 0.2) is 36.4 Å². The van der Waals surface area contributed by atoms with Crippen molar-refractivity contribution in [3.8, 4) is 0 Å². The van der Waals surface area contributed by atoms with E-state index in [2.05, 4.69) is 49.2 Å². The fourth-order valence-electron chi connectivity index (χ4n) is 1.97. The van der Waals surface area contributed by atoms with Crippen LogP contribution in [0.2, 0.25) is 4.34 Å². The van der Waals surface area contributed by atoms with E-state index in [1.807, 2.05) is 6.07 Å². The van der Waals surface area contributed by atoms with Gasteiger partial charge >= 0.3 is 0 Å². The zero-order valence-electron chi connectivity index (χ0n) is 11.3. The van der Waals surface area contributed by atoms with E-state index in [0.717, 1.165) is 17.3 Å². The summed E-state index contributed by atoms with van der Waals surface area (Å²) in [6, 6.07) is 12.6. The molecule has 0 spiro atoms. The Hall–Kier alpha value is -1.03. The van der Waals surface area contributed by atoms with Crippen molar-refractivity contribution in [3.63, 3.8) is 0 Å². The van der Waals surface area contributed by atoms with E-state index in [1.165, 1.54) is 16.1 Å². The van der Waals surface area contributed by atoms with Gasteiger partial charge in [-0.1, -0.05) is 30.7 Å². The first-order valence-corrected chi connectivity index (χ1v) is 7.60. The standard InChI is InChI=1S/C15H19ClN2S/c1-3-14(17)11-4-6-12(7-5-11)18(2)10-13-8-9-15(16)19-13/h4-9,14H,3,10,17H2,1-2H3/t14-/m0/s1. The highest BCUT2D eigenvalue weighted by atomic mass is 35.5. The van der Waals surface area contributed by atoms with Gasteiger partial charge in [0.05, 0.1) is 10.9 Å². The number of thiophene rings is 1. The molecule has 19 heavy (non-hydrogen) atoms. The number of anilines is 1. The molecule has 2 N–H and O–H groups in total. The molecule has 0 unspecified atom stereocenters. The zero-order chi connectivity index (χ0) is 13.8. The van der Waals surface area contributed by atoms with E-state index in [-0.39, 0.29) is 6.04 Å². The van der Waals surface area contributed by atoms with Crippen LogP contribution in [0.4, 0.5) is 5.69 Å². The summed E-state index contributed by atoms with van der Waals surface area (Å²) in [7, 11) is 2.09. The Morgan fingerprint density at radius 3 is 2.42 bits per heavy atom. The fraction of sp³-hybridized carbons (Fsp3) is 0.333. The number of halogens is 1. The Balaban J connectivity index is 2.05. The van der Waals surface area contributed by atoms with Crippen molar-refractivity contribution in [2.75, 3.05) is 11.9 Å². The van der Waals surface area contributed by atoms with Crippen LogP contribution in [-0.4, -0.2) is 7.05 Å². The summed E-state index contributed by atoms with van der Waals surface area (Å²) >= 11 is 7.57. The van der Waals surface area contributed by atoms with Gasteiger partial charge in [-0.3, -0.25) is 0 Å². The molecule has 0 radical (unpaired) electrons. The summed E-state index contributed by atoms with van der Waals surface area (Å²) in [6.45, 7) is 2.97. The van der Waals surface area contributed by atoms with E-state index in [4.69, 9.17) is 17.3 Å². The molecule has 0 aliphatic rings. The molecule has 4 heteroatoms. The number of hydrogen-bond donors (Lipinski definition) is 1. The van der Waals surface area contributed by atoms with Gasteiger partial charge in [-0.15, -0.1) is 11.3 Å². The van der Waals surface area contributed by atoms with Crippen LogP contribution in [0.5, 0.6) is 0 Å². The molecule has 102 valence electrons. The molecule has 0 saturated carbocycles. The molecule has 0 bridgehead atoms. The summed E-state index contributed by atoms with van der Waals surface area (Å²) in [4.78, 5) is 3.48. The van der Waals surface area contributed by atoms with Crippen LogP contribution in [0, 0.1) is 0 Å². The number of nitrogens with zero attached hydrogens (tertiary/aromatic N) is 1. The van der Waals surface area contributed by atoms with Crippen LogP contribution in [0.3, 0.4) is 0 Å². The normalized spacial score (nSPS) is 12.4. The van der Waals surface area contributed by atoms with Crippen LogP contribution in [0.1, 0.15) is 29.8 Å². The predicted molar refractivity (Wildman–Crippen MR) is 85.1 cm³/mol. The van der Waals surface area contributed by atoms with Crippen molar-refractivity contribution in [1.82, 2.24) is 0 Å². The number of nitrogens with two attached hydrogens (primary N) is 1. The minimum atomic E-state index is 0.135. The van der Waals surface area contributed by atoms with Gasteiger partial charge in [-0.25, -0.2) is 0 Å². The maximum atomic E-state index is 6.02. The van der Waals surface area contributed by atoms with E-state index in [9.17, 15) is 0 Å². The first-order valence-electron chi connectivity index (χ1n) is 6.41. The zero-order valence-corrected chi connectivity index (χ0v) is 12.8. The lowest BCUT2D eigenvalue weighted by molar-refractivity contribution is 0.698. The monoisotopic (exact) mass is 294 g/mol. The Morgan fingerprint density at radius 2 is 1.89 bits per heavy atom. The Kier molecular flexibility index (Phi) is 4.86. The smallest absolute Gasteiger partial charge is 0.0931 e. The molecule has 0 amide bonds. The molecule has 2 nitrogen and oxygen atoms in total. The average Bonchev–Trinajstić information content (AvgIpc) is 2.83. The third kappa shape index (κ3) is 3.72. The molecule has 0 aliphatic carbocycles. The number of benzene rings is 1. The summed E-state index contributed by atoms with van der Waals surface area (Å²) < 4.78 is 0.840. The predicted octanol–water partition coefficient (Wildman–Crippen LogP) is 4.45. The molecule has 2 aromatic rings. The highest BCUT2D eigenvalue weighted by Crippen LogP contribution is 2.25. The van der Waals surface area contributed by atoms with Gasteiger partial charge in [0.2, 0.25) is 0 Å². The lowest BCUT2D eigenvalue weighted by Crippen LogP contribution is -2.16. The van der Waals surface area contributed by atoms with Gasteiger partial charge in [0.1, 0.15) is 0 Å². The van der Waals surface area contributed by atoms with E-state index < -0.39 is 0 Å². The molecule has 0 aliphatic heterocycles. The van der Waals surface area contributed by atoms with E-state index >= 15 is 0 Å². The Bertz CT molecular complexity index is 521. The van der Waals surface area contributed by atoms with Gasteiger partial charge < -0.3 is 10.6 Å². The summed E-state index contributed by atoms with van der Waals surface area (Å²) in [5.74, 6) is 0. The SMILES string of the molecule is CC[C@H](N)c1ccc(N(C)Cc2ccc(Cl)s2)cc1. The third-order valence-corrected chi connectivity index (χ3v) is 4.44. The molecular formula is C15H19ClN2S. The molecule has 0 fully saturated rings. The van der Waals surface area contributed by atoms with Gasteiger partial charge in [-0.2, -0.15) is 0 Å². The van der Waals surface area contributed by atoms with Gasteiger partial charge in [0.25, 0.3) is 0 Å². The fourth-order valence-corrected chi connectivity index (χ4v) is 3.11. The topological polar surface area (TPSA) is 29.3 Å². The molecule has 1 aromatic carbocycles. The van der Waals surface area contributed by atoms with Gasteiger partial charge in [0.15, 0.2) is 0 Å². The van der Waals surface area contributed by atoms with Crippen molar-refractivity contribution in [3.05, 3.63) is 51.2 Å². The molecule has 1 atom stereocenters. The molecule has 0 saturated heterocycles. The molecule has 1 heterocycles. The first-order chi connectivity index (χ1) is 9.10. The number of hydrogen-bond acceptors (Lipinski definition) is 3. The summed E-state index contributed by atoms with van der Waals surface area (Å²) in [5, 5.41) is 0. The van der Waals surface area contributed by atoms with Crippen molar-refractivity contribution in [1.29, 1.82) is 0 Å². The van der Waals surface area contributed by atoms with E-state index in [1.54, 1.807) is 11.3 Å². The quantitative estimate of drug-likeness (QED) is 0.883. The van der Waals surface area contributed by atoms with E-state index in [0.29, 0.717) is 0 Å². The maximum Gasteiger partial charge on any atom is 0.0931 e. The maximum absolute atomic E-state index is 6.02. The second kappa shape index (κ2) is 6.42. The highest BCUT2D eigenvalue weighted by molar-refractivity contribution is 7.16. The van der Waals surface area contributed by atoms with Crippen molar-refractivity contribution in [2.24, 2.45) is 5.73 Å². The lowest BCUT2D eigenvalue weighted by Gasteiger charge is -2.19. The molecular weight excluding hydrogens is 276 g/mol. The largest absolute Gasteiger partial charge is 0.369 e. The minimum Gasteiger partial charge on any atom is -0.369 e. The van der Waals surface area contributed by atoms with Crippen LogP contribution in [0.25, 0.3) is 0 Å². The highest BCUT2D eigenvalue weighted by Gasteiger charge is 2.06.